The number of benzene rings is 1. The molecule has 0 aliphatic rings. The Morgan fingerprint density at radius 2 is 2.00 bits per heavy atom. The minimum atomic E-state index is 0.115. The first-order valence-corrected chi connectivity index (χ1v) is 7.02. The molecule has 0 spiro atoms. The van der Waals surface area contributed by atoms with Crippen molar-refractivity contribution in [3.8, 4) is 0 Å². The van der Waals surface area contributed by atoms with E-state index in [2.05, 4.69) is 37.9 Å². The van der Waals surface area contributed by atoms with Gasteiger partial charge in [0.05, 0.1) is 6.61 Å². The van der Waals surface area contributed by atoms with E-state index in [1.54, 1.807) is 6.20 Å². The van der Waals surface area contributed by atoms with Gasteiger partial charge >= 0.3 is 0 Å². The number of nitrogens with zero attached hydrogens (tertiary/aromatic N) is 2. The van der Waals surface area contributed by atoms with Gasteiger partial charge in [0.15, 0.2) is 0 Å². The largest absolute Gasteiger partial charge is 0.395 e. The lowest BCUT2D eigenvalue weighted by Gasteiger charge is -2.23. The van der Waals surface area contributed by atoms with Crippen molar-refractivity contribution in [2.45, 2.75) is 13.5 Å². The first-order chi connectivity index (χ1) is 9.20. The number of pyridine rings is 1. The highest BCUT2D eigenvalue weighted by Gasteiger charge is 2.09. The van der Waals surface area contributed by atoms with Crippen molar-refractivity contribution in [1.29, 1.82) is 0 Å². The Labute approximate surface area is 122 Å². The summed E-state index contributed by atoms with van der Waals surface area (Å²) >= 11 is 3.45. The third kappa shape index (κ3) is 3.78. The summed E-state index contributed by atoms with van der Waals surface area (Å²) in [6, 6.07) is 12.2. The molecular formula is C15H17BrN2O. The number of aliphatic hydroxyl groups excluding tert-OH is 1. The molecular weight excluding hydrogens is 304 g/mol. The number of hydrogen-bond acceptors (Lipinski definition) is 3. The van der Waals surface area contributed by atoms with Crippen LogP contribution in [-0.2, 0) is 6.54 Å². The van der Waals surface area contributed by atoms with Crippen LogP contribution in [0.25, 0.3) is 0 Å². The molecule has 0 aliphatic carbocycles. The fraction of sp³-hybridized carbons (Fsp3) is 0.267. The molecule has 0 amide bonds. The van der Waals surface area contributed by atoms with Gasteiger partial charge in [-0.15, -0.1) is 0 Å². The van der Waals surface area contributed by atoms with Crippen LogP contribution >= 0.6 is 15.9 Å². The van der Waals surface area contributed by atoms with Crippen LogP contribution in [0.3, 0.4) is 0 Å². The molecule has 0 saturated heterocycles. The number of halogens is 1. The molecule has 19 heavy (non-hydrogen) atoms. The summed E-state index contributed by atoms with van der Waals surface area (Å²) in [5, 5.41) is 9.22. The van der Waals surface area contributed by atoms with E-state index in [4.69, 9.17) is 0 Å². The zero-order chi connectivity index (χ0) is 13.7. The summed E-state index contributed by atoms with van der Waals surface area (Å²) in [6.45, 7) is 3.47. The lowest BCUT2D eigenvalue weighted by Crippen LogP contribution is -2.27. The van der Waals surface area contributed by atoms with Crippen LogP contribution in [0, 0.1) is 6.92 Å². The number of aryl methyl sites for hydroxylation is 1. The molecule has 100 valence electrons. The van der Waals surface area contributed by atoms with E-state index in [1.807, 2.05) is 31.2 Å². The maximum absolute atomic E-state index is 9.22. The molecule has 3 nitrogen and oxygen atoms in total. The standard InChI is InChI=1S/C15H17BrN2O/c1-12-9-15(17-10-14(12)16)18(7-8-19)11-13-5-3-2-4-6-13/h2-6,9-10,19H,7-8,11H2,1H3. The molecule has 2 rings (SSSR count). The molecule has 1 heterocycles. The number of rotatable bonds is 5. The van der Waals surface area contributed by atoms with Gasteiger partial charge < -0.3 is 10.0 Å². The predicted molar refractivity (Wildman–Crippen MR) is 81.3 cm³/mol. The van der Waals surface area contributed by atoms with Crippen LogP contribution in [-0.4, -0.2) is 23.2 Å². The SMILES string of the molecule is Cc1cc(N(CCO)Cc2ccccc2)ncc1Br. The molecule has 0 unspecified atom stereocenters. The molecule has 0 aliphatic heterocycles. The molecule has 0 fully saturated rings. The highest BCUT2D eigenvalue weighted by molar-refractivity contribution is 9.10. The zero-order valence-corrected chi connectivity index (χ0v) is 12.5. The van der Waals surface area contributed by atoms with Crippen LogP contribution < -0.4 is 4.90 Å². The summed E-state index contributed by atoms with van der Waals surface area (Å²) in [6.07, 6.45) is 1.81. The maximum atomic E-state index is 9.22. The monoisotopic (exact) mass is 320 g/mol. The zero-order valence-electron chi connectivity index (χ0n) is 10.9. The average Bonchev–Trinajstić information content (AvgIpc) is 2.43. The average molecular weight is 321 g/mol. The number of aromatic nitrogens is 1. The van der Waals surface area contributed by atoms with E-state index in [1.165, 1.54) is 5.56 Å². The van der Waals surface area contributed by atoms with Crippen LogP contribution in [0.2, 0.25) is 0 Å². The minimum Gasteiger partial charge on any atom is -0.395 e. The highest BCUT2D eigenvalue weighted by Crippen LogP contribution is 2.21. The summed E-state index contributed by atoms with van der Waals surface area (Å²) in [5.41, 5.74) is 2.35. The maximum Gasteiger partial charge on any atom is 0.129 e. The van der Waals surface area contributed by atoms with Gasteiger partial charge in [0.25, 0.3) is 0 Å². The lowest BCUT2D eigenvalue weighted by molar-refractivity contribution is 0.301. The molecule has 1 aromatic heterocycles. The number of hydrogen-bond donors (Lipinski definition) is 1. The Bertz CT molecular complexity index is 531. The van der Waals surface area contributed by atoms with Crippen molar-refractivity contribution >= 4 is 21.7 Å². The predicted octanol–water partition coefficient (Wildman–Crippen LogP) is 3.15. The minimum absolute atomic E-state index is 0.115. The van der Waals surface area contributed by atoms with Crippen LogP contribution in [0.5, 0.6) is 0 Å². The van der Waals surface area contributed by atoms with Gasteiger partial charge in [-0.05, 0) is 40.0 Å². The Balaban J connectivity index is 2.21. The van der Waals surface area contributed by atoms with Crippen molar-refractivity contribution in [1.82, 2.24) is 4.98 Å². The van der Waals surface area contributed by atoms with Gasteiger partial charge in [0.1, 0.15) is 5.82 Å². The van der Waals surface area contributed by atoms with Crippen LogP contribution in [0.1, 0.15) is 11.1 Å². The first kappa shape index (κ1) is 14.0. The van der Waals surface area contributed by atoms with E-state index in [-0.39, 0.29) is 6.61 Å². The van der Waals surface area contributed by atoms with E-state index in [0.29, 0.717) is 6.54 Å². The Hall–Kier alpha value is -1.39. The Morgan fingerprint density at radius 3 is 2.63 bits per heavy atom. The van der Waals surface area contributed by atoms with E-state index in [9.17, 15) is 5.11 Å². The van der Waals surface area contributed by atoms with Crippen molar-refractivity contribution in [3.05, 3.63) is 58.2 Å². The molecule has 0 radical (unpaired) electrons. The molecule has 0 saturated carbocycles. The smallest absolute Gasteiger partial charge is 0.129 e. The van der Waals surface area contributed by atoms with E-state index < -0.39 is 0 Å². The highest BCUT2D eigenvalue weighted by atomic mass is 79.9. The third-order valence-electron chi connectivity index (χ3n) is 2.94. The fourth-order valence-corrected chi connectivity index (χ4v) is 2.11. The van der Waals surface area contributed by atoms with Gasteiger partial charge in [-0.25, -0.2) is 4.98 Å². The molecule has 1 N–H and O–H groups in total. The summed E-state index contributed by atoms with van der Waals surface area (Å²) in [5.74, 6) is 0.888. The lowest BCUT2D eigenvalue weighted by atomic mass is 10.2. The first-order valence-electron chi connectivity index (χ1n) is 6.22. The molecule has 4 heteroatoms. The number of anilines is 1. The second kappa shape index (κ2) is 6.68. The third-order valence-corrected chi connectivity index (χ3v) is 3.77. The summed E-state index contributed by atoms with van der Waals surface area (Å²) in [7, 11) is 0. The molecule has 1 aromatic carbocycles. The second-order valence-electron chi connectivity index (χ2n) is 4.42. The fourth-order valence-electron chi connectivity index (χ4n) is 1.90. The van der Waals surface area contributed by atoms with Gasteiger partial charge in [0, 0.05) is 23.8 Å². The second-order valence-corrected chi connectivity index (χ2v) is 5.28. The van der Waals surface area contributed by atoms with E-state index in [0.717, 1.165) is 22.4 Å². The Morgan fingerprint density at radius 1 is 1.26 bits per heavy atom. The van der Waals surface area contributed by atoms with Gasteiger partial charge in [-0.1, -0.05) is 30.3 Å². The van der Waals surface area contributed by atoms with Gasteiger partial charge in [-0.2, -0.15) is 0 Å². The topological polar surface area (TPSA) is 36.4 Å². The molecule has 2 aromatic rings. The quantitative estimate of drug-likeness (QED) is 0.919. The molecule has 0 atom stereocenters. The number of aliphatic hydroxyl groups is 1. The van der Waals surface area contributed by atoms with Gasteiger partial charge in [-0.3, -0.25) is 0 Å². The Kier molecular flexibility index (Phi) is 4.93. The van der Waals surface area contributed by atoms with Crippen molar-refractivity contribution in [2.75, 3.05) is 18.1 Å². The van der Waals surface area contributed by atoms with Gasteiger partial charge in [0.2, 0.25) is 0 Å². The van der Waals surface area contributed by atoms with Crippen molar-refractivity contribution < 1.29 is 5.11 Å². The van der Waals surface area contributed by atoms with Crippen molar-refractivity contribution in [3.63, 3.8) is 0 Å². The summed E-state index contributed by atoms with van der Waals surface area (Å²) in [4.78, 5) is 6.50. The van der Waals surface area contributed by atoms with Crippen molar-refractivity contribution in [2.24, 2.45) is 0 Å². The summed E-state index contributed by atoms with van der Waals surface area (Å²) < 4.78 is 1.000. The van der Waals surface area contributed by atoms with E-state index >= 15 is 0 Å². The van der Waals surface area contributed by atoms with Crippen LogP contribution in [0.15, 0.2) is 47.1 Å². The normalized spacial score (nSPS) is 10.5. The van der Waals surface area contributed by atoms with Crippen LogP contribution in [0.4, 0.5) is 5.82 Å². The molecule has 0 bridgehead atoms.